The number of rotatable bonds is 2. The molecule has 0 aromatic heterocycles. The number of hydrogen-bond donors (Lipinski definition) is 1. The van der Waals surface area contributed by atoms with Crippen molar-refractivity contribution in [2.45, 2.75) is 13.3 Å². The molecule has 0 radical (unpaired) electrons. The van der Waals surface area contributed by atoms with Crippen molar-refractivity contribution in [3.63, 3.8) is 0 Å². The standard InChI is InChI=1S/C16H13NO4/c1-3-8-6-10-7-9(16(20)21-2)4-5-11(10)13-12(8)14(18)17-15(13)19/h4-7H,3H2,1-2H3,(H,17,18,19). The molecule has 0 bridgehead atoms. The molecule has 1 N–H and O–H groups in total. The van der Waals surface area contributed by atoms with E-state index in [1.165, 1.54) is 7.11 Å². The molecule has 0 atom stereocenters. The number of hydrogen-bond acceptors (Lipinski definition) is 4. The fourth-order valence-electron chi connectivity index (χ4n) is 2.71. The summed E-state index contributed by atoms with van der Waals surface area (Å²) in [5.41, 5.74) is 2.05. The Labute approximate surface area is 120 Å². The molecule has 0 spiro atoms. The second-order valence-electron chi connectivity index (χ2n) is 4.85. The third kappa shape index (κ3) is 1.89. The molecule has 2 amide bonds. The molecule has 0 aliphatic carbocycles. The normalized spacial score (nSPS) is 13.2. The number of nitrogens with one attached hydrogen (secondary N) is 1. The van der Waals surface area contributed by atoms with Crippen LogP contribution >= 0.6 is 0 Å². The molecule has 3 rings (SSSR count). The van der Waals surface area contributed by atoms with E-state index in [0.29, 0.717) is 28.5 Å². The fourth-order valence-corrected chi connectivity index (χ4v) is 2.71. The first kappa shape index (κ1) is 13.3. The zero-order valence-electron chi connectivity index (χ0n) is 11.6. The summed E-state index contributed by atoms with van der Waals surface area (Å²) in [7, 11) is 1.32. The minimum atomic E-state index is -0.434. The number of esters is 1. The Balaban J connectivity index is 2.34. The van der Waals surface area contributed by atoms with Gasteiger partial charge in [0.2, 0.25) is 0 Å². The minimum Gasteiger partial charge on any atom is -0.465 e. The van der Waals surface area contributed by atoms with E-state index in [-0.39, 0.29) is 11.8 Å². The number of methoxy groups -OCH3 is 1. The van der Waals surface area contributed by atoms with Gasteiger partial charge in [-0.15, -0.1) is 0 Å². The maximum Gasteiger partial charge on any atom is 0.337 e. The topological polar surface area (TPSA) is 72.5 Å². The highest BCUT2D eigenvalue weighted by Gasteiger charge is 2.31. The van der Waals surface area contributed by atoms with Crippen LogP contribution in [0.5, 0.6) is 0 Å². The molecule has 2 aromatic rings. The van der Waals surface area contributed by atoms with Crippen molar-refractivity contribution >= 4 is 28.6 Å². The molecule has 21 heavy (non-hydrogen) atoms. The second-order valence-corrected chi connectivity index (χ2v) is 4.85. The van der Waals surface area contributed by atoms with Crippen LogP contribution in [0.15, 0.2) is 24.3 Å². The minimum absolute atomic E-state index is 0.356. The number of imide groups is 1. The lowest BCUT2D eigenvalue weighted by atomic mass is 9.93. The molecule has 2 aromatic carbocycles. The van der Waals surface area contributed by atoms with Crippen LogP contribution in [-0.4, -0.2) is 24.9 Å². The zero-order chi connectivity index (χ0) is 15.1. The molecular formula is C16H13NO4. The number of benzene rings is 2. The van der Waals surface area contributed by atoms with Crippen molar-refractivity contribution in [3.8, 4) is 0 Å². The third-order valence-electron chi connectivity index (χ3n) is 3.70. The first-order valence-electron chi connectivity index (χ1n) is 6.60. The first-order valence-corrected chi connectivity index (χ1v) is 6.60. The fraction of sp³-hybridized carbons (Fsp3) is 0.188. The van der Waals surface area contributed by atoms with Crippen LogP contribution in [0, 0.1) is 0 Å². The monoisotopic (exact) mass is 283 g/mol. The van der Waals surface area contributed by atoms with Gasteiger partial charge < -0.3 is 4.74 Å². The lowest BCUT2D eigenvalue weighted by Crippen LogP contribution is -2.20. The SMILES string of the molecule is CCc1cc2cc(C(=O)OC)ccc2c2c1C(=O)NC2=O. The van der Waals surface area contributed by atoms with Crippen molar-refractivity contribution in [1.82, 2.24) is 5.32 Å². The number of aryl methyl sites for hydroxylation is 1. The van der Waals surface area contributed by atoms with Gasteiger partial charge in [0.25, 0.3) is 11.8 Å². The Kier molecular flexibility index (Phi) is 2.97. The van der Waals surface area contributed by atoms with Gasteiger partial charge in [0.1, 0.15) is 0 Å². The summed E-state index contributed by atoms with van der Waals surface area (Å²) in [6.45, 7) is 1.92. The van der Waals surface area contributed by atoms with Crippen LogP contribution in [0.25, 0.3) is 10.8 Å². The molecule has 5 heteroatoms. The Morgan fingerprint density at radius 2 is 1.86 bits per heavy atom. The van der Waals surface area contributed by atoms with E-state index in [1.54, 1.807) is 18.2 Å². The van der Waals surface area contributed by atoms with Gasteiger partial charge in [-0.2, -0.15) is 0 Å². The maximum atomic E-state index is 12.0. The predicted molar refractivity (Wildman–Crippen MR) is 76.5 cm³/mol. The van der Waals surface area contributed by atoms with Gasteiger partial charge in [0.15, 0.2) is 0 Å². The molecule has 0 fully saturated rings. The van der Waals surface area contributed by atoms with Gasteiger partial charge in [-0.1, -0.05) is 19.1 Å². The Hall–Kier alpha value is -2.69. The summed E-state index contributed by atoms with van der Waals surface area (Å²) in [6.07, 6.45) is 0.626. The molecule has 106 valence electrons. The van der Waals surface area contributed by atoms with Gasteiger partial charge in [0, 0.05) is 0 Å². The summed E-state index contributed by atoms with van der Waals surface area (Å²) in [5, 5.41) is 3.74. The molecular weight excluding hydrogens is 270 g/mol. The quantitative estimate of drug-likeness (QED) is 0.676. The van der Waals surface area contributed by atoms with Gasteiger partial charge in [-0.3, -0.25) is 14.9 Å². The van der Waals surface area contributed by atoms with Crippen molar-refractivity contribution in [2.24, 2.45) is 0 Å². The van der Waals surface area contributed by atoms with Gasteiger partial charge in [0.05, 0.1) is 23.8 Å². The number of ether oxygens (including phenoxy) is 1. The zero-order valence-corrected chi connectivity index (χ0v) is 11.6. The van der Waals surface area contributed by atoms with Gasteiger partial charge in [-0.25, -0.2) is 4.79 Å². The van der Waals surface area contributed by atoms with E-state index < -0.39 is 5.97 Å². The molecule has 1 aliphatic rings. The maximum absolute atomic E-state index is 12.0. The predicted octanol–water partition coefficient (Wildman–Crippen LogP) is 2.07. The van der Waals surface area contributed by atoms with Crippen molar-refractivity contribution < 1.29 is 19.1 Å². The number of carbonyl (C=O) groups is 3. The van der Waals surface area contributed by atoms with E-state index in [9.17, 15) is 14.4 Å². The summed E-state index contributed by atoms with van der Waals surface area (Å²) >= 11 is 0. The number of fused-ring (bicyclic) bond motifs is 3. The molecule has 5 nitrogen and oxygen atoms in total. The largest absolute Gasteiger partial charge is 0.465 e. The van der Waals surface area contributed by atoms with Crippen LogP contribution < -0.4 is 5.32 Å². The van der Waals surface area contributed by atoms with Crippen LogP contribution in [0.1, 0.15) is 43.6 Å². The molecule has 0 unspecified atom stereocenters. The van der Waals surface area contributed by atoms with Gasteiger partial charge >= 0.3 is 5.97 Å². The average Bonchev–Trinajstić information content (AvgIpc) is 2.80. The van der Waals surface area contributed by atoms with E-state index in [2.05, 4.69) is 5.32 Å². The second kappa shape index (κ2) is 4.70. The Bertz CT molecular complexity index is 808. The van der Waals surface area contributed by atoms with Crippen LogP contribution in [-0.2, 0) is 11.2 Å². The van der Waals surface area contributed by atoms with E-state index >= 15 is 0 Å². The van der Waals surface area contributed by atoms with E-state index in [0.717, 1.165) is 10.9 Å². The lowest BCUT2D eigenvalue weighted by molar-refractivity contribution is 0.0600. The molecule has 1 heterocycles. The molecule has 0 saturated carbocycles. The van der Waals surface area contributed by atoms with Crippen LogP contribution in [0.3, 0.4) is 0 Å². The van der Waals surface area contributed by atoms with E-state index in [4.69, 9.17) is 4.74 Å². The van der Waals surface area contributed by atoms with Crippen molar-refractivity contribution in [3.05, 3.63) is 46.5 Å². The highest BCUT2D eigenvalue weighted by Crippen LogP contribution is 2.30. The van der Waals surface area contributed by atoms with Crippen molar-refractivity contribution in [1.29, 1.82) is 0 Å². The summed E-state index contributed by atoms with van der Waals surface area (Å²) < 4.78 is 4.70. The summed E-state index contributed by atoms with van der Waals surface area (Å²) in [4.78, 5) is 35.5. The third-order valence-corrected chi connectivity index (χ3v) is 3.70. The highest BCUT2D eigenvalue weighted by molar-refractivity contribution is 6.27. The smallest absolute Gasteiger partial charge is 0.337 e. The molecule has 0 saturated heterocycles. The van der Waals surface area contributed by atoms with Gasteiger partial charge in [-0.05, 0) is 34.9 Å². The number of carbonyl (C=O) groups excluding carboxylic acids is 3. The highest BCUT2D eigenvalue weighted by atomic mass is 16.5. The Morgan fingerprint density at radius 3 is 2.52 bits per heavy atom. The average molecular weight is 283 g/mol. The summed E-state index contributed by atoms with van der Waals surface area (Å²) in [6, 6.07) is 6.80. The summed E-state index contributed by atoms with van der Waals surface area (Å²) in [5.74, 6) is -1.18. The van der Waals surface area contributed by atoms with Crippen LogP contribution in [0.4, 0.5) is 0 Å². The lowest BCUT2D eigenvalue weighted by Gasteiger charge is -2.09. The number of amides is 2. The first-order chi connectivity index (χ1) is 10.1. The van der Waals surface area contributed by atoms with Crippen LogP contribution in [0.2, 0.25) is 0 Å². The van der Waals surface area contributed by atoms with Crippen molar-refractivity contribution in [2.75, 3.05) is 7.11 Å². The van der Waals surface area contributed by atoms with E-state index in [1.807, 2.05) is 13.0 Å². The Morgan fingerprint density at radius 1 is 1.14 bits per heavy atom. The molecule has 1 aliphatic heterocycles.